The minimum Gasteiger partial charge on any atom is -0.456 e. The second-order valence-electron chi connectivity index (χ2n) is 6.14. The summed E-state index contributed by atoms with van der Waals surface area (Å²) in [6, 6.07) is 11.1. The molecule has 0 bridgehead atoms. The number of hydrogen-bond donors (Lipinski definition) is 0. The number of fused-ring (bicyclic) bond motifs is 4. The van der Waals surface area contributed by atoms with Crippen molar-refractivity contribution < 1.29 is 4.42 Å². The highest BCUT2D eigenvalue weighted by molar-refractivity contribution is 5.99. The first-order chi connectivity index (χ1) is 9.61. The van der Waals surface area contributed by atoms with E-state index >= 15 is 0 Å². The van der Waals surface area contributed by atoms with E-state index < -0.39 is 0 Å². The lowest BCUT2D eigenvalue weighted by atomic mass is 9.87. The van der Waals surface area contributed by atoms with Crippen molar-refractivity contribution in [1.29, 1.82) is 0 Å². The molecule has 1 heteroatoms. The van der Waals surface area contributed by atoms with Crippen LogP contribution < -0.4 is 0 Å². The van der Waals surface area contributed by atoms with Gasteiger partial charge in [0, 0.05) is 10.9 Å². The summed E-state index contributed by atoms with van der Waals surface area (Å²) in [4.78, 5) is 0. The first kappa shape index (κ1) is 11.8. The average molecular weight is 262 g/mol. The van der Waals surface area contributed by atoms with Gasteiger partial charge < -0.3 is 4.42 Å². The number of allylic oxidation sites excluding steroid dienone is 1. The zero-order valence-electron chi connectivity index (χ0n) is 12.2. The Labute approximate surface area is 118 Å². The van der Waals surface area contributed by atoms with Crippen molar-refractivity contribution in [3.63, 3.8) is 0 Å². The van der Waals surface area contributed by atoms with Crippen molar-refractivity contribution in [1.82, 2.24) is 0 Å². The van der Waals surface area contributed by atoms with E-state index in [0.29, 0.717) is 5.92 Å². The van der Waals surface area contributed by atoms with Crippen molar-refractivity contribution in [2.24, 2.45) is 5.92 Å². The van der Waals surface area contributed by atoms with Crippen LogP contribution in [0.15, 0.2) is 40.3 Å². The van der Waals surface area contributed by atoms with Gasteiger partial charge in [-0.05, 0) is 55.2 Å². The molecular weight excluding hydrogens is 244 g/mol. The number of benzene rings is 2. The second kappa shape index (κ2) is 3.99. The fourth-order valence-corrected chi connectivity index (χ4v) is 3.17. The summed E-state index contributed by atoms with van der Waals surface area (Å²) < 4.78 is 6.08. The van der Waals surface area contributed by atoms with E-state index in [1.165, 1.54) is 32.9 Å². The molecule has 0 fully saturated rings. The van der Waals surface area contributed by atoms with Crippen LogP contribution in [-0.4, -0.2) is 0 Å². The van der Waals surface area contributed by atoms with E-state index in [2.05, 4.69) is 57.2 Å². The Hall–Kier alpha value is -2.02. The Bertz CT molecular complexity index is 864. The van der Waals surface area contributed by atoms with Gasteiger partial charge in [-0.1, -0.05) is 36.3 Å². The Morgan fingerprint density at radius 3 is 2.75 bits per heavy atom. The summed E-state index contributed by atoms with van der Waals surface area (Å²) in [6.45, 7) is 6.61. The van der Waals surface area contributed by atoms with E-state index in [1.807, 2.05) is 0 Å². The molecule has 1 atom stereocenters. The summed E-state index contributed by atoms with van der Waals surface area (Å²) in [5.41, 5.74) is 5.10. The maximum Gasteiger partial charge on any atom is 0.135 e. The molecule has 1 nitrogen and oxygen atoms in total. The lowest BCUT2D eigenvalue weighted by Crippen LogP contribution is -2.06. The molecule has 3 aromatic rings. The van der Waals surface area contributed by atoms with Gasteiger partial charge in [-0.25, -0.2) is 0 Å². The fraction of sp³-hybridized carbons (Fsp3) is 0.263. The van der Waals surface area contributed by atoms with Crippen molar-refractivity contribution >= 4 is 27.8 Å². The van der Waals surface area contributed by atoms with E-state index in [9.17, 15) is 0 Å². The number of hydrogen-bond acceptors (Lipinski definition) is 1. The minimum absolute atomic E-state index is 0.608. The molecule has 100 valence electrons. The van der Waals surface area contributed by atoms with Crippen LogP contribution in [0.4, 0.5) is 0 Å². The summed E-state index contributed by atoms with van der Waals surface area (Å²) >= 11 is 0. The third-order valence-electron chi connectivity index (χ3n) is 4.58. The van der Waals surface area contributed by atoms with Crippen LogP contribution in [0.2, 0.25) is 0 Å². The molecule has 2 aromatic carbocycles. The van der Waals surface area contributed by atoms with Gasteiger partial charge in [0.05, 0.1) is 0 Å². The highest BCUT2D eigenvalue weighted by Crippen LogP contribution is 2.37. The van der Waals surface area contributed by atoms with Gasteiger partial charge >= 0.3 is 0 Å². The van der Waals surface area contributed by atoms with Gasteiger partial charge in [0.25, 0.3) is 0 Å². The van der Waals surface area contributed by atoms with E-state index in [0.717, 1.165) is 17.8 Å². The smallest absolute Gasteiger partial charge is 0.135 e. The van der Waals surface area contributed by atoms with Crippen LogP contribution >= 0.6 is 0 Å². The van der Waals surface area contributed by atoms with Gasteiger partial charge in [-0.15, -0.1) is 0 Å². The molecular formula is C19H18O. The summed E-state index contributed by atoms with van der Waals surface area (Å²) in [5, 5.41) is 3.84. The van der Waals surface area contributed by atoms with Gasteiger partial charge in [0.15, 0.2) is 0 Å². The number of rotatable bonds is 0. The van der Waals surface area contributed by atoms with Crippen LogP contribution in [0, 0.1) is 12.8 Å². The van der Waals surface area contributed by atoms with Crippen LogP contribution in [-0.2, 0) is 6.42 Å². The monoisotopic (exact) mass is 262 g/mol. The molecule has 1 heterocycles. The second-order valence-corrected chi connectivity index (χ2v) is 6.14. The third-order valence-corrected chi connectivity index (χ3v) is 4.58. The molecule has 0 radical (unpaired) electrons. The van der Waals surface area contributed by atoms with Gasteiger partial charge in [-0.2, -0.15) is 0 Å². The lowest BCUT2D eigenvalue weighted by molar-refractivity contribution is 0.576. The molecule has 20 heavy (non-hydrogen) atoms. The molecule has 0 amide bonds. The Morgan fingerprint density at radius 1 is 1.05 bits per heavy atom. The summed E-state index contributed by atoms with van der Waals surface area (Å²) in [7, 11) is 0. The van der Waals surface area contributed by atoms with E-state index in [4.69, 9.17) is 4.42 Å². The zero-order valence-corrected chi connectivity index (χ0v) is 12.2. The van der Waals surface area contributed by atoms with E-state index in [-0.39, 0.29) is 0 Å². The topological polar surface area (TPSA) is 13.1 Å². The predicted molar refractivity (Wildman–Crippen MR) is 85.0 cm³/mol. The molecule has 0 spiro atoms. The summed E-state index contributed by atoms with van der Waals surface area (Å²) in [5.74, 6) is 1.67. The molecule has 1 unspecified atom stereocenters. The molecule has 0 saturated heterocycles. The zero-order chi connectivity index (χ0) is 13.9. The van der Waals surface area contributed by atoms with E-state index in [1.54, 1.807) is 0 Å². The molecule has 0 N–H and O–H groups in total. The van der Waals surface area contributed by atoms with Crippen LogP contribution in [0.3, 0.4) is 0 Å². The Balaban J connectivity index is 2.05. The molecule has 1 aromatic heterocycles. The van der Waals surface area contributed by atoms with Crippen molar-refractivity contribution in [3.8, 4) is 0 Å². The maximum absolute atomic E-state index is 6.08. The quantitative estimate of drug-likeness (QED) is 0.522. The molecule has 0 aliphatic heterocycles. The lowest BCUT2D eigenvalue weighted by Gasteiger charge is -2.16. The third kappa shape index (κ3) is 1.62. The Kier molecular flexibility index (Phi) is 2.35. The standard InChI is InChI=1S/C19H18O/c1-11-4-5-14-9-17-16-7-12(2)13(3)8-18(16)20-19(17)10-15(14)6-11/h4-6,8-10,12H,7H2,1-3H3. The van der Waals surface area contributed by atoms with Crippen molar-refractivity contribution in [2.75, 3.05) is 0 Å². The first-order valence-corrected chi connectivity index (χ1v) is 7.26. The average Bonchev–Trinajstić information content (AvgIpc) is 2.73. The van der Waals surface area contributed by atoms with Crippen LogP contribution in [0.5, 0.6) is 0 Å². The number of furan rings is 1. The number of aryl methyl sites for hydroxylation is 1. The predicted octanol–water partition coefficient (Wildman–Crippen LogP) is 5.49. The molecule has 0 saturated carbocycles. The Morgan fingerprint density at radius 2 is 1.90 bits per heavy atom. The van der Waals surface area contributed by atoms with Gasteiger partial charge in [0.1, 0.15) is 11.3 Å². The normalized spacial score (nSPS) is 18.4. The van der Waals surface area contributed by atoms with Gasteiger partial charge in [0.2, 0.25) is 0 Å². The first-order valence-electron chi connectivity index (χ1n) is 7.26. The van der Waals surface area contributed by atoms with Crippen LogP contribution in [0.1, 0.15) is 30.7 Å². The molecule has 1 aliphatic rings. The largest absolute Gasteiger partial charge is 0.456 e. The fourth-order valence-electron chi connectivity index (χ4n) is 3.17. The van der Waals surface area contributed by atoms with Crippen molar-refractivity contribution in [3.05, 3.63) is 52.8 Å². The van der Waals surface area contributed by atoms with Crippen LogP contribution in [0.25, 0.3) is 27.8 Å². The van der Waals surface area contributed by atoms with Crippen molar-refractivity contribution in [2.45, 2.75) is 27.2 Å². The highest BCUT2D eigenvalue weighted by atomic mass is 16.3. The summed E-state index contributed by atoms with van der Waals surface area (Å²) in [6.07, 6.45) is 3.29. The highest BCUT2D eigenvalue weighted by Gasteiger charge is 2.21. The maximum atomic E-state index is 6.08. The van der Waals surface area contributed by atoms with Gasteiger partial charge in [-0.3, -0.25) is 0 Å². The molecule has 4 rings (SSSR count). The molecule has 1 aliphatic carbocycles. The SMILES string of the molecule is CC1=Cc2oc3cc4cc(C)ccc4cc3c2CC1C. The minimum atomic E-state index is 0.608.